The van der Waals surface area contributed by atoms with E-state index < -0.39 is 0 Å². The highest BCUT2D eigenvalue weighted by Crippen LogP contribution is 2.05. The van der Waals surface area contributed by atoms with Crippen molar-refractivity contribution in [1.29, 1.82) is 0 Å². The topological polar surface area (TPSA) is 9.23 Å². The predicted molar refractivity (Wildman–Crippen MR) is 49.8 cm³/mol. The van der Waals surface area contributed by atoms with Crippen LogP contribution in [0.1, 0.15) is 46.5 Å². The number of rotatable bonds is 7. The highest BCUT2D eigenvalue weighted by molar-refractivity contribution is 4.47. The third-order valence-electron chi connectivity index (χ3n) is 2.09. The summed E-state index contributed by atoms with van der Waals surface area (Å²) < 4.78 is 5.45. The maximum absolute atomic E-state index is 5.45. The molecule has 0 aromatic carbocycles. The molecule has 1 unspecified atom stereocenters. The Balaban J connectivity index is 2.89. The molecule has 0 fully saturated rings. The fourth-order valence-corrected chi connectivity index (χ4v) is 0.837. The van der Waals surface area contributed by atoms with Gasteiger partial charge in [-0.05, 0) is 18.8 Å². The Morgan fingerprint density at radius 2 is 1.91 bits per heavy atom. The zero-order valence-electron chi connectivity index (χ0n) is 8.23. The molecule has 0 saturated heterocycles. The maximum Gasteiger partial charge on any atom is 0.0468 e. The van der Waals surface area contributed by atoms with E-state index in [-0.39, 0.29) is 0 Å². The van der Waals surface area contributed by atoms with E-state index in [0.717, 1.165) is 19.1 Å². The fraction of sp³-hybridized carbons (Fsp3) is 1.00. The second kappa shape index (κ2) is 8.06. The predicted octanol–water partition coefficient (Wildman–Crippen LogP) is 3.24. The van der Waals surface area contributed by atoms with Crippen LogP contribution in [0.4, 0.5) is 0 Å². The van der Waals surface area contributed by atoms with Gasteiger partial charge in [0.15, 0.2) is 0 Å². The molecule has 0 aromatic rings. The first-order chi connectivity index (χ1) is 5.31. The van der Waals surface area contributed by atoms with E-state index in [4.69, 9.17) is 4.74 Å². The molecule has 0 aliphatic heterocycles. The molecule has 0 heterocycles. The number of unbranched alkanes of at least 4 members (excludes halogenated alkanes) is 1. The maximum atomic E-state index is 5.45. The molecule has 0 spiro atoms. The second-order valence-electron chi connectivity index (χ2n) is 3.27. The van der Waals surface area contributed by atoms with Crippen LogP contribution in [-0.2, 0) is 4.74 Å². The van der Waals surface area contributed by atoms with Gasteiger partial charge in [-0.25, -0.2) is 0 Å². The van der Waals surface area contributed by atoms with Crippen molar-refractivity contribution in [2.45, 2.75) is 46.5 Å². The van der Waals surface area contributed by atoms with E-state index in [1.165, 1.54) is 25.7 Å². The summed E-state index contributed by atoms with van der Waals surface area (Å²) in [6.07, 6.45) is 4.95. The Hall–Kier alpha value is -0.0400. The van der Waals surface area contributed by atoms with Crippen LogP contribution in [0.3, 0.4) is 0 Å². The smallest absolute Gasteiger partial charge is 0.0468 e. The van der Waals surface area contributed by atoms with Gasteiger partial charge in [0.05, 0.1) is 0 Å². The Morgan fingerprint density at radius 3 is 2.45 bits per heavy atom. The summed E-state index contributed by atoms with van der Waals surface area (Å²) in [5.41, 5.74) is 0. The normalized spacial score (nSPS) is 13.4. The van der Waals surface area contributed by atoms with Crippen LogP contribution >= 0.6 is 0 Å². The molecule has 0 rings (SSSR count). The van der Waals surface area contributed by atoms with Gasteiger partial charge in [-0.3, -0.25) is 0 Å². The van der Waals surface area contributed by atoms with E-state index in [1.54, 1.807) is 0 Å². The summed E-state index contributed by atoms with van der Waals surface area (Å²) in [6.45, 7) is 8.61. The Kier molecular flexibility index (Phi) is 8.03. The minimum Gasteiger partial charge on any atom is -0.381 e. The minimum absolute atomic E-state index is 0.830. The monoisotopic (exact) mass is 158 g/mol. The largest absolute Gasteiger partial charge is 0.381 e. The molecular formula is C10H22O. The van der Waals surface area contributed by atoms with Gasteiger partial charge in [-0.1, -0.05) is 33.6 Å². The summed E-state index contributed by atoms with van der Waals surface area (Å²) >= 11 is 0. The summed E-state index contributed by atoms with van der Waals surface area (Å²) in [5, 5.41) is 0. The number of hydrogen-bond acceptors (Lipinski definition) is 1. The molecular weight excluding hydrogens is 136 g/mol. The van der Waals surface area contributed by atoms with Crippen LogP contribution in [0, 0.1) is 5.92 Å². The van der Waals surface area contributed by atoms with Crippen LogP contribution < -0.4 is 0 Å². The highest BCUT2D eigenvalue weighted by atomic mass is 16.5. The molecule has 0 aliphatic carbocycles. The van der Waals surface area contributed by atoms with Gasteiger partial charge in [0.2, 0.25) is 0 Å². The van der Waals surface area contributed by atoms with Gasteiger partial charge in [0.25, 0.3) is 0 Å². The number of hydrogen-bond donors (Lipinski definition) is 0. The molecule has 0 radical (unpaired) electrons. The van der Waals surface area contributed by atoms with E-state index in [9.17, 15) is 0 Å². The molecule has 11 heavy (non-hydrogen) atoms. The van der Waals surface area contributed by atoms with Crippen LogP contribution in [0.5, 0.6) is 0 Å². The number of ether oxygens (including phenoxy) is 1. The fourth-order valence-electron chi connectivity index (χ4n) is 0.837. The van der Waals surface area contributed by atoms with E-state index in [0.29, 0.717) is 0 Å². The average Bonchev–Trinajstić information content (AvgIpc) is 2.04. The molecule has 68 valence electrons. The van der Waals surface area contributed by atoms with Gasteiger partial charge in [-0.15, -0.1) is 0 Å². The van der Waals surface area contributed by atoms with Crippen LogP contribution in [0.15, 0.2) is 0 Å². The second-order valence-corrected chi connectivity index (χ2v) is 3.27. The summed E-state index contributed by atoms with van der Waals surface area (Å²) in [7, 11) is 0. The quantitative estimate of drug-likeness (QED) is 0.517. The van der Waals surface area contributed by atoms with Gasteiger partial charge in [-0.2, -0.15) is 0 Å². The third-order valence-corrected chi connectivity index (χ3v) is 2.09. The summed E-state index contributed by atoms with van der Waals surface area (Å²) in [4.78, 5) is 0. The van der Waals surface area contributed by atoms with Crippen molar-refractivity contribution >= 4 is 0 Å². The van der Waals surface area contributed by atoms with Crippen molar-refractivity contribution in [3.8, 4) is 0 Å². The van der Waals surface area contributed by atoms with Crippen molar-refractivity contribution in [2.24, 2.45) is 5.92 Å². The van der Waals surface area contributed by atoms with Gasteiger partial charge < -0.3 is 4.74 Å². The van der Waals surface area contributed by atoms with Crippen LogP contribution in [0.2, 0.25) is 0 Å². The van der Waals surface area contributed by atoms with E-state index in [2.05, 4.69) is 20.8 Å². The Labute approximate surface area is 71.1 Å². The van der Waals surface area contributed by atoms with E-state index >= 15 is 0 Å². The van der Waals surface area contributed by atoms with E-state index in [1.807, 2.05) is 0 Å². The van der Waals surface area contributed by atoms with Gasteiger partial charge >= 0.3 is 0 Å². The molecule has 0 saturated carbocycles. The van der Waals surface area contributed by atoms with Gasteiger partial charge in [0, 0.05) is 13.2 Å². The Bertz CT molecular complexity index is 71.3. The lowest BCUT2D eigenvalue weighted by Gasteiger charge is -2.07. The molecule has 0 amide bonds. The first kappa shape index (κ1) is 11.0. The minimum atomic E-state index is 0.830. The van der Waals surface area contributed by atoms with Gasteiger partial charge in [0.1, 0.15) is 0 Å². The molecule has 1 heteroatoms. The van der Waals surface area contributed by atoms with Crippen molar-refractivity contribution in [2.75, 3.05) is 13.2 Å². The summed E-state index contributed by atoms with van der Waals surface area (Å²) in [6, 6.07) is 0. The zero-order valence-corrected chi connectivity index (χ0v) is 8.23. The highest BCUT2D eigenvalue weighted by Gasteiger charge is 1.97. The van der Waals surface area contributed by atoms with Crippen molar-refractivity contribution < 1.29 is 4.74 Å². The molecule has 0 aliphatic rings. The van der Waals surface area contributed by atoms with Crippen molar-refractivity contribution in [3.05, 3.63) is 0 Å². The third kappa shape index (κ3) is 7.86. The first-order valence-electron chi connectivity index (χ1n) is 4.89. The summed E-state index contributed by atoms with van der Waals surface area (Å²) in [5.74, 6) is 0.830. The average molecular weight is 158 g/mol. The zero-order chi connectivity index (χ0) is 8.53. The molecule has 1 atom stereocenters. The van der Waals surface area contributed by atoms with Crippen molar-refractivity contribution in [3.63, 3.8) is 0 Å². The molecule has 0 bridgehead atoms. The Morgan fingerprint density at radius 1 is 1.18 bits per heavy atom. The molecule has 1 nitrogen and oxygen atoms in total. The lowest BCUT2D eigenvalue weighted by molar-refractivity contribution is 0.119. The van der Waals surface area contributed by atoms with Crippen molar-refractivity contribution in [1.82, 2.24) is 0 Å². The lowest BCUT2D eigenvalue weighted by Crippen LogP contribution is -2.01. The standard InChI is InChI=1S/C10H22O/c1-4-6-8-11-9-7-10(3)5-2/h10H,4-9H2,1-3H3. The van der Waals surface area contributed by atoms with Crippen LogP contribution in [0.25, 0.3) is 0 Å². The first-order valence-corrected chi connectivity index (χ1v) is 4.89. The SMILES string of the molecule is CCCCOCCC(C)CC. The molecule has 0 aromatic heterocycles. The lowest BCUT2D eigenvalue weighted by atomic mass is 10.1. The molecule has 0 N–H and O–H groups in total. The van der Waals surface area contributed by atoms with Crippen LogP contribution in [-0.4, -0.2) is 13.2 Å².